The summed E-state index contributed by atoms with van der Waals surface area (Å²) in [5.74, 6) is -0.611. The third kappa shape index (κ3) is 3.38. The predicted molar refractivity (Wildman–Crippen MR) is 93.1 cm³/mol. The van der Waals surface area contributed by atoms with Crippen molar-refractivity contribution in [2.24, 2.45) is 0 Å². The van der Waals surface area contributed by atoms with Gasteiger partial charge in [-0.2, -0.15) is 5.10 Å². The average molecular weight is 384 g/mol. The van der Waals surface area contributed by atoms with Crippen molar-refractivity contribution in [3.8, 4) is 5.75 Å². The highest BCUT2D eigenvalue weighted by Gasteiger charge is 2.15. The first-order chi connectivity index (χ1) is 11.5. The van der Waals surface area contributed by atoms with E-state index in [1.54, 1.807) is 24.3 Å². The number of rotatable bonds is 3. The molecule has 0 spiro atoms. The normalized spacial score (nSPS) is 10.8. The van der Waals surface area contributed by atoms with Gasteiger partial charge in [-0.05, 0) is 24.3 Å². The van der Waals surface area contributed by atoms with Crippen molar-refractivity contribution in [3.63, 3.8) is 0 Å². The maximum atomic E-state index is 12.2. The fourth-order valence-corrected chi connectivity index (χ4v) is 3.08. The summed E-state index contributed by atoms with van der Waals surface area (Å²) in [7, 11) is 0. The number of halogens is 3. The highest BCUT2D eigenvalue weighted by Crippen LogP contribution is 2.35. The van der Waals surface area contributed by atoms with Crippen molar-refractivity contribution >= 4 is 51.7 Å². The zero-order chi connectivity index (χ0) is 17.3. The Morgan fingerprint density at radius 2 is 1.79 bits per heavy atom. The Bertz CT molecular complexity index is 978. The molecule has 0 atom stereocenters. The Balaban J connectivity index is 1.89. The first-order valence-electron chi connectivity index (χ1n) is 6.76. The number of carbonyl (C=O) groups excluding carboxylic acids is 1. The van der Waals surface area contributed by atoms with Crippen LogP contribution in [0.4, 0.5) is 0 Å². The molecule has 3 aromatic rings. The van der Waals surface area contributed by atoms with Gasteiger partial charge in [0.2, 0.25) is 5.43 Å². The van der Waals surface area contributed by atoms with Crippen molar-refractivity contribution in [1.82, 2.24) is 9.78 Å². The number of fused-ring (bicyclic) bond motifs is 1. The molecule has 122 valence electrons. The predicted octanol–water partition coefficient (Wildman–Crippen LogP) is 3.96. The first kappa shape index (κ1) is 16.8. The van der Waals surface area contributed by atoms with Crippen LogP contribution in [0.1, 0.15) is 0 Å². The van der Waals surface area contributed by atoms with Crippen molar-refractivity contribution in [2.45, 2.75) is 6.54 Å². The Kier molecular flexibility index (Phi) is 4.76. The van der Waals surface area contributed by atoms with Crippen LogP contribution in [0.3, 0.4) is 0 Å². The molecular formula is C16H9Cl3N2O3. The standard InChI is InChI=1S/C16H9Cl3N2O3/c17-9-5-11(18)16(12(19)6-9)24-15(23)8-21-13-4-2-1-3-10(13)14(22)7-20-21/h1-7H,8H2. The maximum Gasteiger partial charge on any atom is 0.333 e. The monoisotopic (exact) mass is 382 g/mol. The number of carbonyl (C=O) groups is 1. The molecule has 0 aliphatic rings. The smallest absolute Gasteiger partial charge is 0.333 e. The highest BCUT2D eigenvalue weighted by molar-refractivity contribution is 6.40. The number of esters is 1. The van der Waals surface area contributed by atoms with Crippen LogP contribution in [0.2, 0.25) is 15.1 Å². The van der Waals surface area contributed by atoms with Crippen LogP contribution in [-0.4, -0.2) is 15.7 Å². The average Bonchev–Trinajstić information content (AvgIpc) is 2.54. The highest BCUT2D eigenvalue weighted by atomic mass is 35.5. The molecule has 0 unspecified atom stereocenters. The molecule has 3 rings (SSSR count). The molecule has 0 fully saturated rings. The summed E-state index contributed by atoms with van der Waals surface area (Å²) in [6, 6.07) is 9.68. The molecule has 0 saturated carbocycles. The molecule has 0 aliphatic heterocycles. The molecule has 8 heteroatoms. The molecular weight excluding hydrogens is 375 g/mol. The van der Waals surface area contributed by atoms with Crippen LogP contribution in [-0.2, 0) is 11.3 Å². The number of nitrogens with zero attached hydrogens (tertiary/aromatic N) is 2. The molecule has 1 heterocycles. The van der Waals surface area contributed by atoms with E-state index >= 15 is 0 Å². The Morgan fingerprint density at radius 1 is 1.12 bits per heavy atom. The quantitative estimate of drug-likeness (QED) is 0.507. The SMILES string of the molecule is O=C(Cn1ncc(=O)c2ccccc21)Oc1c(Cl)cc(Cl)cc1Cl. The summed E-state index contributed by atoms with van der Waals surface area (Å²) in [6.07, 6.45) is 1.15. The van der Waals surface area contributed by atoms with Gasteiger partial charge in [-0.3, -0.25) is 9.48 Å². The van der Waals surface area contributed by atoms with Gasteiger partial charge in [-0.25, -0.2) is 4.79 Å². The van der Waals surface area contributed by atoms with Gasteiger partial charge >= 0.3 is 5.97 Å². The summed E-state index contributed by atoms with van der Waals surface area (Å²) in [4.78, 5) is 24.0. The van der Waals surface area contributed by atoms with Crippen molar-refractivity contribution in [2.75, 3.05) is 0 Å². The fraction of sp³-hybridized carbons (Fsp3) is 0.0625. The maximum absolute atomic E-state index is 12.2. The van der Waals surface area contributed by atoms with Crippen LogP contribution in [0, 0.1) is 0 Å². The Morgan fingerprint density at radius 3 is 2.50 bits per heavy atom. The van der Waals surface area contributed by atoms with E-state index < -0.39 is 5.97 Å². The molecule has 0 bridgehead atoms. The Labute approximate surface area is 151 Å². The minimum absolute atomic E-state index is 0.0260. The van der Waals surface area contributed by atoms with Crippen LogP contribution < -0.4 is 10.2 Å². The van der Waals surface area contributed by atoms with E-state index in [4.69, 9.17) is 39.5 Å². The largest absolute Gasteiger partial charge is 0.422 e. The van der Waals surface area contributed by atoms with Gasteiger partial charge in [0.1, 0.15) is 6.54 Å². The van der Waals surface area contributed by atoms with E-state index in [1.165, 1.54) is 16.8 Å². The van der Waals surface area contributed by atoms with E-state index in [2.05, 4.69) is 5.10 Å². The van der Waals surface area contributed by atoms with Crippen molar-refractivity contribution in [1.29, 1.82) is 0 Å². The van der Waals surface area contributed by atoms with Crippen LogP contribution in [0.15, 0.2) is 47.4 Å². The first-order valence-corrected chi connectivity index (χ1v) is 7.89. The lowest BCUT2D eigenvalue weighted by Gasteiger charge is -2.11. The van der Waals surface area contributed by atoms with Gasteiger partial charge in [-0.15, -0.1) is 0 Å². The molecule has 5 nitrogen and oxygen atoms in total. The number of benzene rings is 2. The summed E-state index contributed by atoms with van der Waals surface area (Å²) >= 11 is 17.8. The third-order valence-electron chi connectivity index (χ3n) is 3.22. The number of para-hydroxylation sites is 1. The van der Waals surface area contributed by atoms with E-state index in [9.17, 15) is 9.59 Å². The number of ether oxygens (including phenoxy) is 1. The molecule has 24 heavy (non-hydrogen) atoms. The molecule has 2 aromatic carbocycles. The second-order valence-electron chi connectivity index (χ2n) is 4.86. The lowest BCUT2D eigenvalue weighted by atomic mass is 10.2. The second kappa shape index (κ2) is 6.81. The van der Waals surface area contributed by atoms with Crippen molar-refractivity contribution < 1.29 is 9.53 Å². The number of hydrogen-bond donors (Lipinski definition) is 0. The second-order valence-corrected chi connectivity index (χ2v) is 6.11. The van der Waals surface area contributed by atoms with Gasteiger partial charge in [0, 0.05) is 10.4 Å². The van der Waals surface area contributed by atoms with Gasteiger partial charge in [0.15, 0.2) is 5.75 Å². The number of hydrogen-bond acceptors (Lipinski definition) is 4. The van der Waals surface area contributed by atoms with Crippen LogP contribution >= 0.6 is 34.8 Å². The molecule has 0 amide bonds. The zero-order valence-corrected chi connectivity index (χ0v) is 14.3. The van der Waals surface area contributed by atoms with Crippen molar-refractivity contribution in [3.05, 3.63) is 67.9 Å². The number of aromatic nitrogens is 2. The minimum Gasteiger partial charge on any atom is -0.422 e. The van der Waals surface area contributed by atoms with Gasteiger partial charge in [-0.1, -0.05) is 46.9 Å². The van der Waals surface area contributed by atoms with E-state index in [-0.39, 0.29) is 27.8 Å². The molecule has 0 aliphatic carbocycles. The summed E-state index contributed by atoms with van der Waals surface area (Å²) < 4.78 is 6.59. The topological polar surface area (TPSA) is 61.2 Å². The summed E-state index contributed by atoms with van der Waals surface area (Å²) in [5, 5.41) is 5.00. The summed E-state index contributed by atoms with van der Waals surface area (Å²) in [5.41, 5.74) is 0.300. The van der Waals surface area contributed by atoms with Gasteiger partial charge in [0.25, 0.3) is 0 Å². The Hall–Kier alpha value is -2.08. The van der Waals surface area contributed by atoms with Gasteiger partial charge < -0.3 is 4.74 Å². The molecule has 1 aromatic heterocycles. The summed E-state index contributed by atoms with van der Waals surface area (Å²) in [6.45, 7) is -0.212. The van der Waals surface area contributed by atoms with Crippen LogP contribution in [0.25, 0.3) is 10.9 Å². The van der Waals surface area contributed by atoms with Crippen LogP contribution in [0.5, 0.6) is 5.75 Å². The third-order valence-corrected chi connectivity index (χ3v) is 4.00. The van der Waals surface area contributed by atoms with E-state index in [0.717, 1.165) is 6.20 Å². The van der Waals surface area contributed by atoms with Gasteiger partial charge in [0.05, 0.1) is 21.8 Å². The lowest BCUT2D eigenvalue weighted by Crippen LogP contribution is -2.21. The fourth-order valence-electron chi connectivity index (χ4n) is 2.18. The zero-order valence-electron chi connectivity index (χ0n) is 12.0. The van der Waals surface area contributed by atoms with E-state index in [1.807, 2.05) is 0 Å². The minimum atomic E-state index is -0.637. The molecule has 0 N–H and O–H groups in total. The molecule has 0 radical (unpaired) electrons. The molecule has 0 saturated heterocycles. The van der Waals surface area contributed by atoms with E-state index in [0.29, 0.717) is 15.9 Å². The lowest BCUT2D eigenvalue weighted by molar-refractivity contribution is -0.135.